The molecular weight excluding hydrogens is 255 g/mol. The van der Waals surface area contributed by atoms with E-state index in [1.807, 2.05) is 13.0 Å². The van der Waals surface area contributed by atoms with Crippen molar-refractivity contribution in [3.8, 4) is 0 Å². The topological polar surface area (TPSA) is 41.1 Å². The van der Waals surface area contributed by atoms with Crippen LogP contribution in [0.3, 0.4) is 0 Å². The fraction of sp³-hybridized carbons (Fsp3) is 0.562. The summed E-state index contributed by atoms with van der Waals surface area (Å²) in [5, 5.41) is 5.99. The number of carbonyl (C=O) groups excluding carboxylic acids is 1. The molecule has 0 bridgehead atoms. The Labute approximate surface area is 120 Å². The minimum absolute atomic E-state index is 0.0584. The van der Waals surface area contributed by atoms with Crippen LogP contribution in [-0.4, -0.2) is 18.0 Å². The number of hydrogen-bond donors (Lipinski definition) is 2. The highest BCUT2D eigenvalue weighted by atomic mass is 19.1. The number of hydrogen-bond acceptors (Lipinski definition) is 2. The second kappa shape index (κ2) is 6.73. The van der Waals surface area contributed by atoms with Crippen LogP contribution in [0.25, 0.3) is 0 Å². The zero-order chi connectivity index (χ0) is 14.5. The highest BCUT2D eigenvalue weighted by molar-refractivity contribution is 5.84. The average Bonchev–Trinajstić information content (AvgIpc) is 2.43. The molecule has 0 aliphatic heterocycles. The Morgan fingerprint density at radius 1 is 1.30 bits per heavy atom. The molecule has 3 nitrogen and oxygen atoms in total. The van der Waals surface area contributed by atoms with Crippen LogP contribution >= 0.6 is 0 Å². The summed E-state index contributed by atoms with van der Waals surface area (Å²) in [5.74, 6) is -0.376. The number of anilines is 1. The molecule has 1 aromatic rings. The number of halogens is 1. The molecule has 0 heterocycles. The molecule has 4 heteroatoms. The molecule has 1 amide bonds. The minimum atomic E-state index is -0.436. The van der Waals surface area contributed by atoms with Gasteiger partial charge in [-0.15, -0.1) is 0 Å². The number of aryl methyl sites for hydroxylation is 1. The van der Waals surface area contributed by atoms with Crippen molar-refractivity contribution >= 4 is 11.6 Å². The van der Waals surface area contributed by atoms with Crippen LogP contribution in [0.5, 0.6) is 0 Å². The maximum Gasteiger partial charge on any atom is 0.242 e. The summed E-state index contributed by atoms with van der Waals surface area (Å²) in [6.45, 7) is 3.60. The predicted molar refractivity (Wildman–Crippen MR) is 79.2 cm³/mol. The Balaban J connectivity index is 1.89. The van der Waals surface area contributed by atoms with E-state index in [-0.39, 0.29) is 17.8 Å². The first-order chi connectivity index (χ1) is 9.56. The van der Waals surface area contributed by atoms with Gasteiger partial charge in [0.1, 0.15) is 11.9 Å². The lowest BCUT2D eigenvalue weighted by Crippen LogP contribution is -2.44. The SMILES string of the molecule is Cc1ccc(NC(C)C(=O)NC2CCCCC2)c(F)c1. The van der Waals surface area contributed by atoms with Crippen LogP contribution in [0.1, 0.15) is 44.6 Å². The van der Waals surface area contributed by atoms with Crippen LogP contribution in [0, 0.1) is 12.7 Å². The highest BCUT2D eigenvalue weighted by Crippen LogP contribution is 2.18. The van der Waals surface area contributed by atoms with E-state index in [4.69, 9.17) is 0 Å². The molecule has 1 fully saturated rings. The predicted octanol–water partition coefficient (Wildman–Crippen LogP) is 3.38. The van der Waals surface area contributed by atoms with Gasteiger partial charge in [0.05, 0.1) is 5.69 Å². The molecule has 20 heavy (non-hydrogen) atoms. The minimum Gasteiger partial charge on any atom is -0.372 e. The first-order valence-electron chi connectivity index (χ1n) is 7.39. The van der Waals surface area contributed by atoms with Crippen LogP contribution in [0.15, 0.2) is 18.2 Å². The molecule has 1 unspecified atom stereocenters. The quantitative estimate of drug-likeness (QED) is 0.886. The van der Waals surface area contributed by atoms with Gasteiger partial charge in [0.2, 0.25) is 5.91 Å². The van der Waals surface area contributed by atoms with Crippen molar-refractivity contribution in [2.24, 2.45) is 0 Å². The largest absolute Gasteiger partial charge is 0.372 e. The molecule has 0 radical (unpaired) electrons. The molecule has 0 saturated heterocycles. The second-order valence-electron chi connectivity index (χ2n) is 5.69. The fourth-order valence-electron chi connectivity index (χ4n) is 2.61. The molecule has 0 spiro atoms. The first kappa shape index (κ1) is 14.8. The summed E-state index contributed by atoms with van der Waals surface area (Å²) in [6, 6.07) is 4.82. The summed E-state index contributed by atoms with van der Waals surface area (Å²) in [7, 11) is 0. The van der Waals surface area contributed by atoms with Gasteiger partial charge in [-0.2, -0.15) is 0 Å². The van der Waals surface area contributed by atoms with Crippen molar-refractivity contribution in [1.82, 2.24) is 5.32 Å². The van der Waals surface area contributed by atoms with Gasteiger partial charge in [-0.3, -0.25) is 4.79 Å². The zero-order valence-corrected chi connectivity index (χ0v) is 12.2. The second-order valence-corrected chi connectivity index (χ2v) is 5.69. The molecule has 110 valence electrons. The smallest absolute Gasteiger partial charge is 0.242 e. The average molecular weight is 278 g/mol. The number of rotatable bonds is 4. The number of benzene rings is 1. The Bertz CT molecular complexity index is 470. The third-order valence-corrected chi connectivity index (χ3v) is 3.84. The summed E-state index contributed by atoms with van der Waals surface area (Å²) in [6.07, 6.45) is 5.72. The maximum atomic E-state index is 13.7. The molecule has 2 N–H and O–H groups in total. The Hall–Kier alpha value is -1.58. The molecule has 1 aliphatic rings. The van der Waals surface area contributed by atoms with Gasteiger partial charge >= 0.3 is 0 Å². The van der Waals surface area contributed by atoms with Gasteiger partial charge in [-0.1, -0.05) is 25.3 Å². The summed E-state index contributed by atoms with van der Waals surface area (Å²) < 4.78 is 13.7. The van der Waals surface area contributed by atoms with E-state index in [1.165, 1.54) is 25.3 Å². The molecule has 1 aliphatic carbocycles. The molecule has 1 atom stereocenters. The zero-order valence-electron chi connectivity index (χ0n) is 12.2. The van der Waals surface area contributed by atoms with Crippen LogP contribution in [-0.2, 0) is 4.79 Å². The highest BCUT2D eigenvalue weighted by Gasteiger charge is 2.20. The number of nitrogens with one attached hydrogen (secondary N) is 2. The van der Waals surface area contributed by atoms with Crippen LogP contribution < -0.4 is 10.6 Å². The van der Waals surface area contributed by atoms with Crippen molar-refractivity contribution in [3.63, 3.8) is 0 Å². The van der Waals surface area contributed by atoms with Gasteiger partial charge in [0.15, 0.2) is 0 Å². The third-order valence-electron chi connectivity index (χ3n) is 3.84. The number of carbonyl (C=O) groups is 1. The van der Waals surface area contributed by atoms with E-state index in [0.717, 1.165) is 18.4 Å². The lowest BCUT2D eigenvalue weighted by Gasteiger charge is -2.25. The fourth-order valence-corrected chi connectivity index (χ4v) is 2.61. The Morgan fingerprint density at radius 3 is 2.65 bits per heavy atom. The normalized spacial score (nSPS) is 17.6. The van der Waals surface area contributed by atoms with E-state index in [2.05, 4.69) is 10.6 Å². The number of amides is 1. The van der Waals surface area contributed by atoms with Gasteiger partial charge in [-0.05, 0) is 44.4 Å². The Morgan fingerprint density at radius 2 is 2.00 bits per heavy atom. The third kappa shape index (κ3) is 3.95. The Kier molecular flexibility index (Phi) is 4.99. The molecule has 1 saturated carbocycles. The van der Waals surface area contributed by atoms with Crippen molar-refractivity contribution < 1.29 is 9.18 Å². The lowest BCUT2D eigenvalue weighted by atomic mass is 9.95. The van der Waals surface area contributed by atoms with E-state index >= 15 is 0 Å². The molecular formula is C16H23FN2O. The standard InChI is InChI=1S/C16H23FN2O/c1-11-8-9-15(14(17)10-11)18-12(2)16(20)19-13-6-4-3-5-7-13/h8-10,12-13,18H,3-7H2,1-2H3,(H,19,20). The van der Waals surface area contributed by atoms with E-state index in [1.54, 1.807) is 13.0 Å². The first-order valence-corrected chi connectivity index (χ1v) is 7.39. The van der Waals surface area contributed by atoms with E-state index in [9.17, 15) is 9.18 Å². The van der Waals surface area contributed by atoms with E-state index < -0.39 is 6.04 Å². The molecule has 1 aromatic carbocycles. The van der Waals surface area contributed by atoms with Crippen LogP contribution in [0.2, 0.25) is 0 Å². The van der Waals surface area contributed by atoms with Crippen LogP contribution in [0.4, 0.5) is 10.1 Å². The summed E-state index contributed by atoms with van der Waals surface area (Å²) >= 11 is 0. The van der Waals surface area contributed by atoms with Gasteiger partial charge < -0.3 is 10.6 Å². The van der Waals surface area contributed by atoms with Gasteiger partial charge in [0.25, 0.3) is 0 Å². The monoisotopic (exact) mass is 278 g/mol. The summed E-state index contributed by atoms with van der Waals surface area (Å²) in [4.78, 5) is 12.1. The van der Waals surface area contributed by atoms with Gasteiger partial charge in [0, 0.05) is 6.04 Å². The van der Waals surface area contributed by atoms with Gasteiger partial charge in [-0.25, -0.2) is 4.39 Å². The maximum absolute atomic E-state index is 13.7. The van der Waals surface area contributed by atoms with Crippen molar-refractivity contribution in [2.45, 2.75) is 58.0 Å². The van der Waals surface area contributed by atoms with E-state index in [0.29, 0.717) is 5.69 Å². The lowest BCUT2D eigenvalue weighted by molar-refractivity contribution is -0.122. The molecule has 0 aromatic heterocycles. The summed E-state index contributed by atoms with van der Waals surface area (Å²) in [5.41, 5.74) is 1.24. The van der Waals surface area contributed by atoms with Crippen molar-refractivity contribution in [3.05, 3.63) is 29.6 Å². The van der Waals surface area contributed by atoms with Crippen molar-refractivity contribution in [1.29, 1.82) is 0 Å². The van der Waals surface area contributed by atoms with Crippen molar-refractivity contribution in [2.75, 3.05) is 5.32 Å². The molecule has 2 rings (SSSR count).